The van der Waals surface area contributed by atoms with Crippen molar-refractivity contribution in [2.24, 2.45) is 5.73 Å². The third-order valence-corrected chi connectivity index (χ3v) is 2.71. The molecule has 0 bridgehead atoms. The number of nitrogens with zero attached hydrogens (tertiary/aromatic N) is 3. The van der Waals surface area contributed by atoms with Gasteiger partial charge in [-0.3, -0.25) is 4.79 Å². The highest BCUT2D eigenvalue weighted by atomic mass is 16.1. The van der Waals surface area contributed by atoms with Gasteiger partial charge in [-0.1, -0.05) is 12.1 Å². The Bertz CT molecular complexity index is 645. The third-order valence-electron chi connectivity index (χ3n) is 2.71. The Hall–Kier alpha value is -2.94. The highest BCUT2D eigenvalue weighted by molar-refractivity contribution is 5.74. The number of nitrogens with two attached hydrogens (primary N) is 1. The second-order valence-corrected chi connectivity index (χ2v) is 4.19. The summed E-state index contributed by atoms with van der Waals surface area (Å²) in [7, 11) is 0. The molecule has 1 aromatic heterocycles. The van der Waals surface area contributed by atoms with Gasteiger partial charge in [-0.25, -0.2) is 9.97 Å². The zero-order chi connectivity index (χ0) is 14.4. The Balaban J connectivity index is 2.07. The molecule has 0 atom stereocenters. The van der Waals surface area contributed by atoms with Crippen molar-refractivity contribution in [1.82, 2.24) is 9.97 Å². The van der Waals surface area contributed by atoms with Crippen molar-refractivity contribution >= 4 is 17.4 Å². The maximum absolute atomic E-state index is 10.7. The summed E-state index contributed by atoms with van der Waals surface area (Å²) in [5, 5.41) is 12.0. The minimum Gasteiger partial charge on any atom is -0.370 e. The first-order valence-corrected chi connectivity index (χ1v) is 6.03. The van der Waals surface area contributed by atoms with Gasteiger partial charge in [0.1, 0.15) is 18.0 Å². The summed E-state index contributed by atoms with van der Waals surface area (Å²) < 4.78 is 0. The third kappa shape index (κ3) is 3.53. The van der Waals surface area contributed by atoms with Gasteiger partial charge in [0.2, 0.25) is 5.91 Å². The Morgan fingerprint density at radius 3 is 2.75 bits per heavy atom. The molecule has 0 fully saturated rings. The lowest BCUT2D eigenvalue weighted by molar-refractivity contribution is -0.117. The number of carbonyl (C=O) groups excluding carboxylic acids is 1. The number of carbonyl (C=O) groups is 1. The Morgan fingerprint density at radius 2 is 2.10 bits per heavy atom. The first kappa shape index (κ1) is 13.5. The molecular formula is C14H13N5O. The van der Waals surface area contributed by atoms with Gasteiger partial charge < -0.3 is 11.1 Å². The maximum Gasteiger partial charge on any atom is 0.217 e. The van der Waals surface area contributed by atoms with E-state index in [0.29, 0.717) is 24.2 Å². The summed E-state index contributed by atoms with van der Waals surface area (Å²) in [6.45, 7) is 0. The molecule has 1 heterocycles. The van der Waals surface area contributed by atoms with E-state index in [0.717, 1.165) is 11.3 Å². The fraction of sp³-hybridized carbons (Fsp3) is 0.143. The van der Waals surface area contributed by atoms with Crippen molar-refractivity contribution in [3.05, 3.63) is 47.9 Å². The largest absolute Gasteiger partial charge is 0.370 e. The summed E-state index contributed by atoms with van der Waals surface area (Å²) in [5.74, 6) is 0.152. The summed E-state index contributed by atoms with van der Waals surface area (Å²) in [6, 6.07) is 9.55. The molecule has 0 aliphatic carbocycles. The zero-order valence-electron chi connectivity index (χ0n) is 10.7. The summed E-state index contributed by atoms with van der Waals surface area (Å²) >= 11 is 0. The van der Waals surface area contributed by atoms with E-state index < -0.39 is 0 Å². The van der Waals surface area contributed by atoms with Crippen LogP contribution in [0.25, 0.3) is 0 Å². The quantitative estimate of drug-likeness (QED) is 0.854. The number of aryl methyl sites for hydroxylation is 1. The molecule has 0 spiro atoms. The first-order chi connectivity index (χ1) is 9.69. The van der Waals surface area contributed by atoms with E-state index in [-0.39, 0.29) is 5.91 Å². The number of benzene rings is 1. The molecule has 0 aliphatic rings. The van der Waals surface area contributed by atoms with Gasteiger partial charge in [0, 0.05) is 12.1 Å². The van der Waals surface area contributed by atoms with Gasteiger partial charge in [0.05, 0.1) is 6.20 Å². The van der Waals surface area contributed by atoms with Gasteiger partial charge in [0.25, 0.3) is 0 Å². The van der Waals surface area contributed by atoms with Gasteiger partial charge in [-0.2, -0.15) is 5.26 Å². The van der Waals surface area contributed by atoms with Crippen LogP contribution in [-0.4, -0.2) is 15.9 Å². The number of hydrogen-bond acceptors (Lipinski definition) is 5. The number of nitriles is 1. The van der Waals surface area contributed by atoms with E-state index >= 15 is 0 Å². The fourth-order valence-electron chi connectivity index (χ4n) is 1.67. The minimum atomic E-state index is -0.313. The molecule has 2 aromatic rings. The number of hydrogen-bond donors (Lipinski definition) is 2. The maximum atomic E-state index is 10.7. The topological polar surface area (TPSA) is 105 Å². The van der Waals surface area contributed by atoms with Gasteiger partial charge >= 0.3 is 0 Å². The molecule has 100 valence electrons. The van der Waals surface area contributed by atoms with Crippen LogP contribution < -0.4 is 11.1 Å². The average Bonchev–Trinajstić information content (AvgIpc) is 2.47. The smallest absolute Gasteiger partial charge is 0.217 e. The lowest BCUT2D eigenvalue weighted by Gasteiger charge is -2.07. The van der Waals surface area contributed by atoms with Crippen molar-refractivity contribution in [1.29, 1.82) is 5.26 Å². The Kier molecular flexibility index (Phi) is 4.24. The highest BCUT2D eigenvalue weighted by Crippen LogP contribution is 2.18. The van der Waals surface area contributed by atoms with E-state index in [1.807, 2.05) is 30.3 Å². The number of nitrogens with one attached hydrogen (secondary N) is 1. The predicted molar refractivity (Wildman–Crippen MR) is 74.0 cm³/mol. The van der Waals surface area contributed by atoms with Crippen molar-refractivity contribution in [2.45, 2.75) is 12.8 Å². The van der Waals surface area contributed by atoms with Gasteiger partial charge in [-0.15, -0.1) is 0 Å². The minimum absolute atomic E-state index is 0.313. The van der Waals surface area contributed by atoms with Gasteiger partial charge in [-0.05, 0) is 24.1 Å². The first-order valence-electron chi connectivity index (χ1n) is 6.03. The van der Waals surface area contributed by atoms with Crippen molar-refractivity contribution in [3.63, 3.8) is 0 Å². The number of primary amides is 1. The standard InChI is InChI=1S/C14H13N5O/c15-7-11-8-17-9-18-14(11)19-12-4-1-10(2-5-12)3-6-13(16)20/h1-2,4-5,8-9H,3,6H2,(H2,16,20)(H,17,18,19). The number of amides is 1. The fourth-order valence-corrected chi connectivity index (χ4v) is 1.67. The second kappa shape index (κ2) is 6.29. The Labute approximate surface area is 116 Å². The summed E-state index contributed by atoms with van der Waals surface area (Å²) in [4.78, 5) is 18.5. The van der Waals surface area contributed by atoms with Crippen molar-refractivity contribution in [2.75, 3.05) is 5.32 Å². The van der Waals surface area contributed by atoms with E-state index in [2.05, 4.69) is 15.3 Å². The SMILES string of the molecule is N#Cc1cncnc1Nc1ccc(CCC(N)=O)cc1. The lowest BCUT2D eigenvalue weighted by Crippen LogP contribution is -2.11. The van der Waals surface area contributed by atoms with Crippen LogP contribution in [0.2, 0.25) is 0 Å². The molecule has 0 unspecified atom stereocenters. The number of anilines is 2. The van der Waals surface area contributed by atoms with Crippen LogP contribution in [0.15, 0.2) is 36.8 Å². The van der Waals surface area contributed by atoms with Crippen molar-refractivity contribution < 1.29 is 4.79 Å². The Morgan fingerprint density at radius 1 is 1.35 bits per heavy atom. The van der Waals surface area contributed by atoms with Crippen molar-refractivity contribution in [3.8, 4) is 6.07 Å². The molecule has 0 saturated carbocycles. The average molecular weight is 267 g/mol. The number of aromatic nitrogens is 2. The zero-order valence-corrected chi connectivity index (χ0v) is 10.7. The van der Waals surface area contributed by atoms with Crippen LogP contribution in [0.3, 0.4) is 0 Å². The molecule has 6 nitrogen and oxygen atoms in total. The van der Waals surface area contributed by atoms with Gasteiger partial charge in [0.15, 0.2) is 5.82 Å². The molecule has 1 amide bonds. The molecular weight excluding hydrogens is 254 g/mol. The van der Waals surface area contributed by atoms with Crippen LogP contribution >= 0.6 is 0 Å². The molecule has 6 heteroatoms. The van der Waals surface area contributed by atoms with E-state index in [4.69, 9.17) is 11.0 Å². The number of rotatable bonds is 5. The van der Waals surface area contributed by atoms with E-state index in [1.54, 1.807) is 0 Å². The van der Waals surface area contributed by atoms with Crippen LogP contribution in [0.1, 0.15) is 17.5 Å². The van der Waals surface area contributed by atoms with Crippen LogP contribution in [0.5, 0.6) is 0 Å². The molecule has 0 aliphatic heterocycles. The van der Waals surface area contributed by atoms with Crippen LogP contribution in [0, 0.1) is 11.3 Å². The van der Waals surface area contributed by atoms with Crippen LogP contribution in [0.4, 0.5) is 11.5 Å². The second-order valence-electron chi connectivity index (χ2n) is 4.19. The monoisotopic (exact) mass is 267 g/mol. The molecule has 1 aromatic carbocycles. The summed E-state index contributed by atoms with van der Waals surface area (Å²) in [5.41, 5.74) is 7.32. The summed E-state index contributed by atoms with van der Waals surface area (Å²) in [6.07, 6.45) is 3.78. The van der Waals surface area contributed by atoms with E-state index in [1.165, 1.54) is 12.5 Å². The molecule has 2 rings (SSSR count). The molecule has 20 heavy (non-hydrogen) atoms. The van der Waals surface area contributed by atoms with Crippen LogP contribution in [-0.2, 0) is 11.2 Å². The molecule has 0 saturated heterocycles. The predicted octanol–water partition coefficient (Wildman–Crippen LogP) is 1.51. The van der Waals surface area contributed by atoms with E-state index in [9.17, 15) is 4.79 Å². The normalized spacial score (nSPS) is 9.75. The molecule has 3 N–H and O–H groups in total. The lowest BCUT2D eigenvalue weighted by atomic mass is 10.1. The highest BCUT2D eigenvalue weighted by Gasteiger charge is 2.04. The molecule has 0 radical (unpaired) electrons.